The number of hydrogen-bond acceptors (Lipinski definition) is 7. The van der Waals surface area contributed by atoms with Crippen LogP contribution < -0.4 is 0 Å². The van der Waals surface area contributed by atoms with E-state index in [0.717, 1.165) is 36.4 Å². The van der Waals surface area contributed by atoms with Gasteiger partial charge < -0.3 is 9.64 Å². The molecule has 2 aliphatic rings. The fourth-order valence-electron chi connectivity index (χ4n) is 4.00. The third-order valence-corrected chi connectivity index (χ3v) is 6.74. The van der Waals surface area contributed by atoms with Gasteiger partial charge in [-0.3, -0.25) is 9.80 Å². The number of fused-ring (bicyclic) bond motifs is 1. The van der Waals surface area contributed by atoms with Crippen molar-refractivity contribution in [3.8, 4) is 0 Å². The van der Waals surface area contributed by atoms with E-state index < -0.39 is 0 Å². The van der Waals surface area contributed by atoms with E-state index >= 15 is 0 Å². The SMILES string of the molecule is CN(C)C1CCCN(C(c2cc3ncncc3s2)N2CCOC(Cl)C2)C1. The maximum atomic E-state index is 6.33. The fourth-order valence-corrected chi connectivity index (χ4v) is 5.42. The molecule has 2 aromatic rings. The average molecular weight is 396 g/mol. The summed E-state index contributed by atoms with van der Waals surface area (Å²) in [7, 11) is 4.36. The van der Waals surface area contributed by atoms with Crippen LogP contribution in [0.2, 0.25) is 0 Å². The van der Waals surface area contributed by atoms with Crippen LogP contribution in [-0.2, 0) is 4.74 Å². The summed E-state index contributed by atoms with van der Waals surface area (Å²) in [5.74, 6) is 0. The lowest BCUT2D eigenvalue weighted by Gasteiger charge is -2.46. The molecule has 2 aliphatic heterocycles. The summed E-state index contributed by atoms with van der Waals surface area (Å²) >= 11 is 8.13. The van der Waals surface area contributed by atoms with Crippen molar-refractivity contribution < 1.29 is 4.74 Å². The van der Waals surface area contributed by atoms with E-state index in [1.165, 1.54) is 17.7 Å². The second kappa shape index (κ2) is 8.04. The van der Waals surface area contributed by atoms with Gasteiger partial charge in [0.1, 0.15) is 11.9 Å². The lowest BCUT2D eigenvalue weighted by atomic mass is 10.0. The molecule has 2 aromatic heterocycles. The van der Waals surface area contributed by atoms with Crippen LogP contribution in [0, 0.1) is 0 Å². The van der Waals surface area contributed by atoms with Gasteiger partial charge in [-0.25, -0.2) is 9.97 Å². The van der Waals surface area contributed by atoms with E-state index in [0.29, 0.717) is 12.6 Å². The number of likely N-dealkylation sites (N-methyl/N-ethyl adjacent to an activating group) is 1. The van der Waals surface area contributed by atoms with Gasteiger partial charge in [0.2, 0.25) is 0 Å². The highest BCUT2D eigenvalue weighted by Crippen LogP contribution is 2.36. The lowest BCUT2D eigenvalue weighted by Crippen LogP contribution is -2.53. The van der Waals surface area contributed by atoms with Gasteiger partial charge in [0, 0.05) is 43.3 Å². The van der Waals surface area contributed by atoms with Crippen molar-refractivity contribution in [3.63, 3.8) is 0 Å². The number of alkyl halides is 1. The van der Waals surface area contributed by atoms with Crippen LogP contribution in [0.1, 0.15) is 23.9 Å². The highest BCUT2D eigenvalue weighted by atomic mass is 35.5. The number of hydrogen-bond donors (Lipinski definition) is 0. The number of aromatic nitrogens is 2. The van der Waals surface area contributed by atoms with Crippen molar-refractivity contribution in [1.29, 1.82) is 0 Å². The molecule has 0 spiro atoms. The number of halogens is 1. The van der Waals surface area contributed by atoms with Crippen LogP contribution in [0.5, 0.6) is 0 Å². The summed E-state index contributed by atoms with van der Waals surface area (Å²) in [6, 6.07) is 2.82. The summed E-state index contributed by atoms with van der Waals surface area (Å²) in [5.41, 5.74) is 0.789. The van der Waals surface area contributed by atoms with Gasteiger partial charge in [0.15, 0.2) is 0 Å². The van der Waals surface area contributed by atoms with Crippen molar-refractivity contribution in [1.82, 2.24) is 24.7 Å². The first kappa shape index (κ1) is 18.5. The molecule has 0 amide bonds. The molecule has 26 heavy (non-hydrogen) atoms. The predicted octanol–water partition coefficient (Wildman–Crippen LogP) is 2.61. The Bertz CT molecular complexity index is 708. The van der Waals surface area contributed by atoms with Crippen LogP contribution >= 0.6 is 22.9 Å². The van der Waals surface area contributed by atoms with Crippen molar-refractivity contribution in [3.05, 3.63) is 23.5 Å². The van der Waals surface area contributed by atoms with Crippen LogP contribution in [0.15, 0.2) is 18.6 Å². The van der Waals surface area contributed by atoms with Gasteiger partial charge in [-0.2, -0.15) is 0 Å². The van der Waals surface area contributed by atoms with E-state index in [2.05, 4.69) is 44.8 Å². The molecule has 4 heterocycles. The van der Waals surface area contributed by atoms with Crippen molar-refractivity contribution in [2.75, 3.05) is 46.9 Å². The number of rotatable bonds is 4. The van der Waals surface area contributed by atoms with Crippen LogP contribution in [-0.4, -0.2) is 83.2 Å². The van der Waals surface area contributed by atoms with E-state index in [4.69, 9.17) is 16.3 Å². The molecule has 2 fully saturated rings. The molecule has 3 unspecified atom stereocenters. The molecular formula is C18H26ClN5OS. The molecule has 0 saturated carbocycles. The molecule has 142 valence electrons. The number of likely N-dealkylation sites (tertiary alicyclic amines) is 1. The number of morpholine rings is 1. The fraction of sp³-hybridized carbons (Fsp3) is 0.667. The molecule has 4 rings (SSSR count). The zero-order valence-corrected chi connectivity index (χ0v) is 16.9. The molecule has 0 N–H and O–H groups in total. The number of nitrogens with zero attached hydrogens (tertiary/aromatic N) is 5. The van der Waals surface area contributed by atoms with E-state index in [1.807, 2.05) is 6.20 Å². The van der Waals surface area contributed by atoms with Crippen molar-refractivity contribution >= 4 is 33.2 Å². The number of thiophene rings is 1. The lowest BCUT2D eigenvalue weighted by molar-refractivity contribution is -0.0595. The van der Waals surface area contributed by atoms with Gasteiger partial charge in [-0.1, -0.05) is 11.6 Å². The summed E-state index contributed by atoms with van der Waals surface area (Å²) in [5, 5.41) is 0. The highest BCUT2D eigenvalue weighted by molar-refractivity contribution is 7.19. The standard InChI is InChI=1S/C18H26ClN5OS/c1-22(2)13-4-3-5-23(10-13)18(24-6-7-25-17(19)11-24)15-8-14-16(26-15)9-20-12-21-14/h8-9,12-13,17-18H,3-7,10-11H2,1-2H3. The zero-order valence-electron chi connectivity index (χ0n) is 15.3. The first-order valence-electron chi connectivity index (χ1n) is 9.21. The van der Waals surface area contributed by atoms with E-state index in [-0.39, 0.29) is 11.7 Å². The van der Waals surface area contributed by atoms with Crippen LogP contribution in [0.25, 0.3) is 10.2 Å². The maximum Gasteiger partial charge on any atom is 0.143 e. The second-order valence-corrected chi connectivity index (χ2v) is 8.93. The molecule has 0 radical (unpaired) electrons. The topological polar surface area (TPSA) is 44.7 Å². The van der Waals surface area contributed by atoms with Gasteiger partial charge >= 0.3 is 0 Å². The molecular weight excluding hydrogens is 370 g/mol. The van der Waals surface area contributed by atoms with Gasteiger partial charge in [0.05, 0.1) is 23.0 Å². The Kier molecular flexibility index (Phi) is 5.73. The Morgan fingerprint density at radius 2 is 2.15 bits per heavy atom. The first-order valence-corrected chi connectivity index (χ1v) is 10.5. The predicted molar refractivity (Wildman–Crippen MR) is 106 cm³/mol. The minimum absolute atomic E-state index is 0.224. The molecule has 2 saturated heterocycles. The van der Waals surface area contributed by atoms with Crippen LogP contribution in [0.4, 0.5) is 0 Å². The van der Waals surface area contributed by atoms with E-state index in [1.54, 1.807) is 17.7 Å². The zero-order chi connectivity index (χ0) is 18.1. The Balaban J connectivity index is 1.66. The summed E-state index contributed by atoms with van der Waals surface area (Å²) < 4.78 is 6.72. The minimum Gasteiger partial charge on any atom is -0.360 e. The Morgan fingerprint density at radius 3 is 2.92 bits per heavy atom. The molecule has 6 nitrogen and oxygen atoms in total. The molecule has 0 bridgehead atoms. The summed E-state index contributed by atoms with van der Waals surface area (Å²) in [4.78, 5) is 17.4. The summed E-state index contributed by atoms with van der Waals surface area (Å²) in [6.45, 7) is 4.51. The first-order chi connectivity index (χ1) is 12.6. The monoisotopic (exact) mass is 395 g/mol. The minimum atomic E-state index is -0.241. The van der Waals surface area contributed by atoms with Crippen LogP contribution in [0.3, 0.4) is 0 Å². The maximum absolute atomic E-state index is 6.33. The van der Waals surface area contributed by atoms with Gasteiger partial charge in [-0.05, 0) is 33.0 Å². The van der Waals surface area contributed by atoms with Crippen molar-refractivity contribution in [2.24, 2.45) is 0 Å². The molecule has 0 aliphatic carbocycles. The molecule has 0 aromatic carbocycles. The van der Waals surface area contributed by atoms with Gasteiger partial charge in [-0.15, -0.1) is 11.3 Å². The largest absolute Gasteiger partial charge is 0.360 e. The highest BCUT2D eigenvalue weighted by Gasteiger charge is 2.35. The smallest absolute Gasteiger partial charge is 0.143 e. The third-order valence-electron chi connectivity index (χ3n) is 5.37. The molecule has 8 heteroatoms. The number of piperidine rings is 1. The second-order valence-electron chi connectivity index (χ2n) is 7.33. The third kappa shape index (κ3) is 3.88. The number of ether oxygens (including phenoxy) is 1. The Morgan fingerprint density at radius 1 is 1.31 bits per heavy atom. The normalized spacial score (nSPS) is 27.2. The van der Waals surface area contributed by atoms with E-state index in [9.17, 15) is 0 Å². The summed E-state index contributed by atoms with van der Waals surface area (Å²) in [6.07, 6.45) is 6.24. The quantitative estimate of drug-likeness (QED) is 0.741. The Labute approximate surface area is 163 Å². The van der Waals surface area contributed by atoms with Gasteiger partial charge in [0.25, 0.3) is 0 Å². The average Bonchev–Trinajstić information content (AvgIpc) is 3.05. The van der Waals surface area contributed by atoms with Crippen molar-refractivity contribution in [2.45, 2.75) is 30.6 Å². The molecule has 3 atom stereocenters. The Hall–Kier alpha value is -0.830.